The number of rotatable bonds is 5. The second-order valence-corrected chi connectivity index (χ2v) is 6.41. The lowest BCUT2D eigenvalue weighted by atomic mass is 10.1. The summed E-state index contributed by atoms with van der Waals surface area (Å²) >= 11 is 0. The quantitative estimate of drug-likeness (QED) is 0.669. The summed E-state index contributed by atoms with van der Waals surface area (Å²) in [5.41, 5.74) is 5.19. The average molecular weight is 261 g/mol. The number of nitrogens with two attached hydrogens (primary N) is 1. The van der Waals surface area contributed by atoms with E-state index in [4.69, 9.17) is 5.73 Å². The van der Waals surface area contributed by atoms with Crippen LogP contribution < -0.4 is 10.5 Å². The van der Waals surface area contributed by atoms with Gasteiger partial charge >= 0.3 is 0 Å². The van der Waals surface area contributed by atoms with Crippen LogP contribution in [0.4, 0.5) is 5.82 Å². The fraction of sp³-hybridized carbons (Fsp3) is 0.667. The number of nitrogen functional groups attached to an aromatic ring is 1. The van der Waals surface area contributed by atoms with Gasteiger partial charge in [-0.1, -0.05) is 0 Å². The van der Waals surface area contributed by atoms with E-state index in [1.54, 1.807) is 0 Å². The van der Waals surface area contributed by atoms with Gasteiger partial charge in [-0.2, -0.15) is 5.10 Å². The molecule has 0 amide bonds. The van der Waals surface area contributed by atoms with E-state index < -0.39 is 10.0 Å². The summed E-state index contributed by atoms with van der Waals surface area (Å²) in [5, 5.41) is 5.98. The van der Waals surface area contributed by atoms with Crippen molar-refractivity contribution in [1.82, 2.24) is 19.8 Å². The van der Waals surface area contributed by atoms with E-state index in [0.29, 0.717) is 0 Å². The van der Waals surface area contributed by atoms with E-state index in [0.717, 1.165) is 0 Å². The predicted octanol–water partition coefficient (Wildman–Crippen LogP) is -0.390. The molecular formula is C9H19N5O2S. The molecule has 0 atom stereocenters. The van der Waals surface area contributed by atoms with E-state index >= 15 is 0 Å². The zero-order valence-electron chi connectivity index (χ0n) is 10.5. The van der Waals surface area contributed by atoms with Crippen LogP contribution in [0.25, 0.3) is 0 Å². The molecule has 7 nitrogen and oxygen atoms in total. The second-order valence-electron chi connectivity index (χ2n) is 4.68. The number of aromatic amines is 1. The molecule has 0 aliphatic heterocycles. The topological polar surface area (TPSA) is 104 Å². The van der Waals surface area contributed by atoms with Crippen molar-refractivity contribution in [2.45, 2.75) is 24.3 Å². The lowest BCUT2D eigenvalue weighted by Crippen LogP contribution is -2.48. The summed E-state index contributed by atoms with van der Waals surface area (Å²) < 4.78 is 26.3. The molecule has 98 valence electrons. The van der Waals surface area contributed by atoms with Gasteiger partial charge in [-0.3, -0.25) is 5.10 Å². The number of anilines is 1. The lowest BCUT2D eigenvalue weighted by Gasteiger charge is -2.32. The number of hydrogen-bond donors (Lipinski definition) is 3. The van der Waals surface area contributed by atoms with Gasteiger partial charge in [0, 0.05) is 12.1 Å². The smallest absolute Gasteiger partial charge is 0.245 e. The van der Waals surface area contributed by atoms with Crippen molar-refractivity contribution in [3.8, 4) is 0 Å². The van der Waals surface area contributed by atoms with Crippen LogP contribution in [0, 0.1) is 0 Å². The highest BCUT2D eigenvalue weighted by Gasteiger charge is 2.25. The van der Waals surface area contributed by atoms with Gasteiger partial charge in [0.2, 0.25) is 10.0 Å². The Morgan fingerprint density at radius 3 is 2.53 bits per heavy atom. The van der Waals surface area contributed by atoms with Crippen molar-refractivity contribution in [2.75, 3.05) is 26.4 Å². The van der Waals surface area contributed by atoms with Gasteiger partial charge in [0.25, 0.3) is 0 Å². The minimum Gasteiger partial charge on any atom is -0.383 e. The Morgan fingerprint density at radius 2 is 2.12 bits per heavy atom. The highest BCUT2D eigenvalue weighted by molar-refractivity contribution is 7.89. The minimum atomic E-state index is -3.61. The molecule has 1 aromatic rings. The Morgan fingerprint density at radius 1 is 1.53 bits per heavy atom. The molecule has 0 saturated carbocycles. The van der Waals surface area contributed by atoms with E-state index in [9.17, 15) is 8.42 Å². The van der Waals surface area contributed by atoms with Gasteiger partial charge in [0.05, 0.1) is 6.20 Å². The predicted molar refractivity (Wildman–Crippen MR) is 66.0 cm³/mol. The van der Waals surface area contributed by atoms with Crippen LogP contribution in [0.1, 0.15) is 13.8 Å². The number of nitrogens with zero attached hydrogens (tertiary/aromatic N) is 2. The van der Waals surface area contributed by atoms with E-state index in [2.05, 4.69) is 14.9 Å². The van der Waals surface area contributed by atoms with Crippen LogP contribution in [0.2, 0.25) is 0 Å². The SMILES string of the molecule is CN(C)C(C)(C)CNS(=O)(=O)c1cn[nH]c1N. The fourth-order valence-electron chi connectivity index (χ4n) is 1.01. The number of H-pyrrole nitrogens is 1. The fourth-order valence-corrected chi connectivity index (χ4v) is 2.23. The minimum absolute atomic E-state index is 0.0212. The first-order valence-electron chi connectivity index (χ1n) is 5.13. The second kappa shape index (κ2) is 4.63. The molecule has 0 bridgehead atoms. The monoisotopic (exact) mass is 261 g/mol. The third kappa shape index (κ3) is 3.18. The lowest BCUT2D eigenvalue weighted by molar-refractivity contribution is 0.199. The summed E-state index contributed by atoms with van der Waals surface area (Å²) in [6.07, 6.45) is 1.19. The van der Waals surface area contributed by atoms with Gasteiger partial charge in [0.1, 0.15) is 10.7 Å². The van der Waals surface area contributed by atoms with Crippen molar-refractivity contribution in [3.05, 3.63) is 6.20 Å². The Hall–Kier alpha value is -1.12. The van der Waals surface area contributed by atoms with Crippen LogP contribution in [-0.4, -0.2) is 49.7 Å². The molecule has 17 heavy (non-hydrogen) atoms. The number of likely N-dealkylation sites (N-methyl/N-ethyl adjacent to an activating group) is 1. The normalized spacial score (nSPS) is 13.2. The summed E-state index contributed by atoms with van der Waals surface area (Å²) in [6.45, 7) is 4.16. The molecule has 0 spiro atoms. The Kier molecular flexibility index (Phi) is 3.80. The summed E-state index contributed by atoms with van der Waals surface area (Å²) in [5.74, 6) is 0.0418. The highest BCUT2D eigenvalue weighted by Crippen LogP contribution is 2.15. The molecule has 0 aromatic carbocycles. The van der Waals surface area contributed by atoms with Gasteiger partial charge in [0.15, 0.2) is 0 Å². The third-order valence-corrected chi connectivity index (χ3v) is 4.26. The molecular weight excluding hydrogens is 242 g/mol. The molecule has 0 radical (unpaired) electrons. The zero-order valence-corrected chi connectivity index (χ0v) is 11.3. The van der Waals surface area contributed by atoms with Crippen molar-refractivity contribution in [2.24, 2.45) is 0 Å². The molecule has 1 rings (SSSR count). The van der Waals surface area contributed by atoms with Gasteiger partial charge in [-0.25, -0.2) is 13.1 Å². The maximum Gasteiger partial charge on any atom is 0.245 e. The Balaban J connectivity index is 2.80. The van der Waals surface area contributed by atoms with Gasteiger partial charge in [-0.15, -0.1) is 0 Å². The highest BCUT2D eigenvalue weighted by atomic mass is 32.2. The molecule has 4 N–H and O–H groups in total. The van der Waals surface area contributed by atoms with E-state index in [1.165, 1.54) is 6.20 Å². The standard InChI is InChI=1S/C9H19N5O2S/c1-9(2,14(3)4)6-12-17(15,16)7-5-11-13-8(7)10/h5,12H,6H2,1-4H3,(H3,10,11,13). The first-order valence-corrected chi connectivity index (χ1v) is 6.61. The first-order chi connectivity index (χ1) is 7.67. The van der Waals surface area contributed by atoms with Crippen molar-refractivity contribution in [1.29, 1.82) is 0 Å². The zero-order chi connectivity index (χ0) is 13.3. The van der Waals surface area contributed by atoms with Crippen molar-refractivity contribution in [3.63, 3.8) is 0 Å². The molecule has 8 heteroatoms. The molecule has 1 heterocycles. The summed E-state index contributed by atoms with van der Waals surface area (Å²) in [4.78, 5) is 1.92. The molecule has 0 aliphatic carbocycles. The maximum atomic E-state index is 11.9. The van der Waals surface area contributed by atoms with Crippen molar-refractivity contribution >= 4 is 15.8 Å². The average Bonchev–Trinajstić information content (AvgIpc) is 2.62. The van der Waals surface area contributed by atoms with Crippen molar-refractivity contribution < 1.29 is 8.42 Å². The summed E-state index contributed by atoms with van der Waals surface area (Å²) in [6, 6.07) is 0. The first kappa shape index (κ1) is 13.9. The van der Waals surface area contributed by atoms with Gasteiger partial charge < -0.3 is 10.6 Å². The molecule has 0 aliphatic rings. The molecule has 1 aromatic heterocycles. The Bertz CT molecular complexity index is 477. The van der Waals surface area contributed by atoms with Crippen LogP contribution in [0.5, 0.6) is 0 Å². The molecule has 0 saturated heterocycles. The van der Waals surface area contributed by atoms with Gasteiger partial charge in [-0.05, 0) is 27.9 Å². The number of aromatic nitrogens is 2. The van der Waals surface area contributed by atoms with Crippen LogP contribution in [0.3, 0.4) is 0 Å². The van der Waals surface area contributed by atoms with Crippen LogP contribution in [-0.2, 0) is 10.0 Å². The number of sulfonamides is 1. The summed E-state index contributed by atoms with van der Waals surface area (Å²) in [7, 11) is 0.169. The third-order valence-electron chi connectivity index (χ3n) is 2.83. The Labute approximate surface area is 101 Å². The van der Waals surface area contributed by atoms with Crippen LogP contribution in [0.15, 0.2) is 11.1 Å². The number of hydrogen-bond acceptors (Lipinski definition) is 5. The van der Waals surface area contributed by atoms with E-state index in [1.807, 2.05) is 32.8 Å². The number of nitrogens with one attached hydrogen (secondary N) is 2. The van der Waals surface area contributed by atoms with Crippen LogP contribution >= 0.6 is 0 Å². The molecule has 0 fully saturated rings. The largest absolute Gasteiger partial charge is 0.383 e. The van der Waals surface area contributed by atoms with E-state index in [-0.39, 0.29) is 22.8 Å². The molecule has 0 unspecified atom stereocenters. The maximum absolute atomic E-state index is 11.9.